The molecule has 0 aliphatic heterocycles. The summed E-state index contributed by atoms with van der Waals surface area (Å²) in [7, 11) is 0. The van der Waals surface area contributed by atoms with Crippen LogP contribution < -0.4 is 4.74 Å². The molecule has 0 aliphatic rings. The molecule has 0 N–H and O–H groups in total. The van der Waals surface area contributed by atoms with Crippen molar-refractivity contribution in [2.24, 2.45) is 0 Å². The van der Waals surface area contributed by atoms with E-state index < -0.39 is 4.92 Å². The number of carbonyl (C=O) groups excluding carboxylic acids is 1. The maximum absolute atomic E-state index is 11.0. The Hall–Kier alpha value is -3.56. The lowest BCUT2D eigenvalue weighted by Crippen LogP contribution is -2.11. The summed E-state index contributed by atoms with van der Waals surface area (Å²) in [6, 6.07) is 6.74. The average Bonchev–Trinajstić information content (AvgIpc) is 3.25. The van der Waals surface area contributed by atoms with Gasteiger partial charge in [-0.3, -0.25) is 4.79 Å². The van der Waals surface area contributed by atoms with Gasteiger partial charge in [-0.1, -0.05) is 5.21 Å². The highest BCUT2D eigenvalue weighted by Gasteiger charge is 2.17. The van der Waals surface area contributed by atoms with Crippen LogP contribution in [0.1, 0.15) is 21.9 Å². The molecule has 0 aliphatic carbocycles. The van der Waals surface area contributed by atoms with Gasteiger partial charge in [-0.2, -0.15) is 0 Å². The van der Waals surface area contributed by atoms with E-state index in [0.717, 1.165) is 6.29 Å². The third-order valence-electron chi connectivity index (χ3n) is 3.76. The molecule has 0 atom stereocenters. The first-order chi connectivity index (χ1) is 12.6. The van der Waals surface area contributed by atoms with Crippen LogP contribution in [0.25, 0.3) is 0 Å². The van der Waals surface area contributed by atoms with Crippen LogP contribution in [-0.2, 0) is 19.7 Å². The highest BCUT2D eigenvalue weighted by Crippen LogP contribution is 2.14. The van der Waals surface area contributed by atoms with E-state index in [4.69, 9.17) is 4.74 Å². The number of nitrogens with zero attached hydrogens (tertiary/aromatic N) is 6. The fourth-order valence-corrected chi connectivity index (χ4v) is 2.39. The Labute approximate surface area is 148 Å². The molecule has 0 saturated heterocycles. The molecule has 0 amide bonds. The van der Waals surface area contributed by atoms with Gasteiger partial charge in [-0.25, -0.2) is 14.2 Å². The van der Waals surface area contributed by atoms with Crippen LogP contribution in [0, 0.1) is 17.0 Å². The van der Waals surface area contributed by atoms with Crippen molar-refractivity contribution >= 4 is 12.1 Å². The molecule has 3 aromatic rings. The van der Waals surface area contributed by atoms with Crippen LogP contribution >= 0.6 is 0 Å². The minimum Gasteiger partial charge on any atom is -0.487 e. The molecule has 0 saturated carbocycles. The summed E-state index contributed by atoms with van der Waals surface area (Å²) in [5, 5.41) is 19.0. The number of aldehydes is 1. The molecule has 1 aromatic carbocycles. The van der Waals surface area contributed by atoms with Gasteiger partial charge < -0.3 is 14.9 Å². The van der Waals surface area contributed by atoms with Crippen molar-refractivity contribution in [2.75, 3.05) is 0 Å². The highest BCUT2D eigenvalue weighted by atomic mass is 16.6. The first-order valence-corrected chi connectivity index (χ1v) is 7.80. The molecule has 0 spiro atoms. The smallest absolute Gasteiger partial charge is 0.342 e. The van der Waals surface area contributed by atoms with Gasteiger partial charge in [0.15, 0.2) is 5.82 Å². The topological polar surface area (TPSA) is 118 Å². The second-order valence-corrected chi connectivity index (χ2v) is 5.52. The molecule has 2 heterocycles. The predicted molar refractivity (Wildman–Crippen MR) is 89.8 cm³/mol. The van der Waals surface area contributed by atoms with Crippen molar-refractivity contribution in [1.29, 1.82) is 0 Å². The summed E-state index contributed by atoms with van der Waals surface area (Å²) in [6.07, 6.45) is 3.73. The van der Waals surface area contributed by atoms with Gasteiger partial charge in [0.2, 0.25) is 0 Å². The fourth-order valence-electron chi connectivity index (χ4n) is 2.39. The lowest BCUT2D eigenvalue weighted by molar-refractivity contribution is -0.392. The Balaban J connectivity index is 1.57. The quantitative estimate of drug-likeness (QED) is 0.343. The molecular weight excluding hydrogens is 340 g/mol. The van der Waals surface area contributed by atoms with Gasteiger partial charge in [-0.15, -0.1) is 5.10 Å². The van der Waals surface area contributed by atoms with Crippen LogP contribution in [0.2, 0.25) is 0 Å². The average molecular weight is 356 g/mol. The van der Waals surface area contributed by atoms with Crippen LogP contribution in [0.4, 0.5) is 5.82 Å². The molecular formula is C16H16N6O4. The second-order valence-electron chi connectivity index (χ2n) is 5.52. The summed E-state index contributed by atoms with van der Waals surface area (Å²) in [5.74, 6) is 1.14. The lowest BCUT2D eigenvalue weighted by Gasteiger charge is -2.03. The summed E-state index contributed by atoms with van der Waals surface area (Å²) >= 11 is 0. The Bertz CT molecular complexity index is 915. The van der Waals surface area contributed by atoms with E-state index >= 15 is 0 Å². The molecule has 26 heavy (non-hydrogen) atoms. The fraction of sp³-hybridized carbons (Fsp3) is 0.250. The number of benzene rings is 1. The zero-order valence-electron chi connectivity index (χ0n) is 14.0. The molecule has 0 fully saturated rings. The van der Waals surface area contributed by atoms with Crippen LogP contribution in [0.5, 0.6) is 5.75 Å². The highest BCUT2D eigenvalue weighted by molar-refractivity contribution is 5.74. The van der Waals surface area contributed by atoms with Gasteiger partial charge in [0.1, 0.15) is 37.1 Å². The largest absolute Gasteiger partial charge is 0.487 e. The lowest BCUT2D eigenvalue weighted by atomic mass is 10.2. The van der Waals surface area contributed by atoms with Gasteiger partial charge in [0.05, 0.1) is 12.7 Å². The number of imidazole rings is 1. The number of nitro groups is 1. The molecule has 0 unspecified atom stereocenters. The van der Waals surface area contributed by atoms with Crippen molar-refractivity contribution in [3.63, 3.8) is 0 Å². The summed E-state index contributed by atoms with van der Waals surface area (Å²) in [5.41, 5.74) is 1.20. The van der Waals surface area contributed by atoms with Crippen molar-refractivity contribution in [1.82, 2.24) is 24.5 Å². The van der Waals surface area contributed by atoms with Gasteiger partial charge in [0.25, 0.3) is 0 Å². The van der Waals surface area contributed by atoms with E-state index in [-0.39, 0.29) is 12.4 Å². The molecule has 0 radical (unpaired) electrons. The van der Waals surface area contributed by atoms with E-state index in [1.165, 1.54) is 10.8 Å². The van der Waals surface area contributed by atoms with E-state index in [9.17, 15) is 14.9 Å². The number of hydrogen-bond donors (Lipinski definition) is 0. The summed E-state index contributed by atoms with van der Waals surface area (Å²) in [6.45, 7) is 2.71. The normalized spacial score (nSPS) is 10.7. The summed E-state index contributed by atoms with van der Waals surface area (Å²) in [4.78, 5) is 25.1. The van der Waals surface area contributed by atoms with Gasteiger partial charge >= 0.3 is 5.82 Å². The first-order valence-electron chi connectivity index (χ1n) is 7.80. The Morgan fingerprint density at radius 2 is 2.04 bits per heavy atom. The Kier molecular flexibility index (Phi) is 5.02. The van der Waals surface area contributed by atoms with Gasteiger partial charge in [-0.05, 0) is 29.2 Å². The molecule has 10 heteroatoms. The van der Waals surface area contributed by atoms with E-state index in [1.807, 2.05) is 0 Å². The Morgan fingerprint density at radius 1 is 1.27 bits per heavy atom. The van der Waals surface area contributed by atoms with Crippen molar-refractivity contribution in [2.45, 2.75) is 26.6 Å². The van der Waals surface area contributed by atoms with E-state index in [2.05, 4.69) is 15.3 Å². The predicted octanol–water partition coefficient (Wildman–Crippen LogP) is 1.78. The Morgan fingerprint density at radius 3 is 2.73 bits per heavy atom. The maximum atomic E-state index is 11.0. The van der Waals surface area contributed by atoms with Gasteiger partial charge in [0, 0.05) is 12.5 Å². The zero-order chi connectivity index (χ0) is 18.5. The third kappa shape index (κ3) is 3.91. The number of hydrogen-bond acceptors (Lipinski definition) is 7. The van der Waals surface area contributed by atoms with Crippen molar-refractivity contribution in [3.8, 4) is 5.75 Å². The number of aromatic nitrogens is 5. The zero-order valence-corrected chi connectivity index (χ0v) is 14.0. The molecule has 2 aromatic heterocycles. The molecule has 134 valence electrons. The third-order valence-corrected chi connectivity index (χ3v) is 3.76. The number of ether oxygens (including phenoxy) is 1. The van der Waals surface area contributed by atoms with Crippen LogP contribution in [0.15, 0.2) is 36.7 Å². The molecule has 0 bridgehead atoms. The monoisotopic (exact) mass is 356 g/mol. The SMILES string of the molecule is Cc1ncc([N+](=O)[O-])n1CCn1cc(COc2ccc(C=O)cc2)nn1. The molecule has 3 rings (SSSR count). The van der Waals surface area contributed by atoms with E-state index in [1.54, 1.807) is 42.1 Å². The van der Waals surface area contributed by atoms with E-state index in [0.29, 0.717) is 35.9 Å². The number of rotatable bonds is 8. The second kappa shape index (κ2) is 7.55. The first kappa shape index (κ1) is 17.3. The van der Waals surface area contributed by atoms with Crippen LogP contribution in [-0.4, -0.2) is 35.8 Å². The maximum Gasteiger partial charge on any atom is 0.342 e. The van der Waals surface area contributed by atoms with Crippen LogP contribution in [0.3, 0.4) is 0 Å². The number of carbonyl (C=O) groups is 1. The minimum absolute atomic E-state index is 0.0510. The van der Waals surface area contributed by atoms with Crippen molar-refractivity contribution in [3.05, 3.63) is 63.9 Å². The summed E-state index contributed by atoms with van der Waals surface area (Å²) < 4.78 is 8.70. The minimum atomic E-state index is -0.462. The number of aryl methyl sites for hydroxylation is 2. The van der Waals surface area contributed by atoms with Crippen molar-refractivity contribution < 1.29 is 14.5 Å². The molecule has 10 nitrogen and oxygen atoms in total. The standard InChI is InChI=1S/C16H16N6O4/c1-12-17-8-16(22(24)25)21(12)7-6-20-9-14(18-19-20)11-26-15-4-2-13(10-23)3-5-15/h2-5,8-10H,6-7,11H2,1H3.